The van der Waals surface area contributed by atoms with Crippen LogP contribution in [0.15, 0.2) is 30.3 Å². The number of hydrogen-bond donors (Lipinski definition) is 2. The van der Waals surface area contributed by atoms with Crippen molar-refractivity contribution in [1.29, 1.82) is 0 Å². The van der Waals surface area contributed by atoms with Crippen LogP contribution in [0, 0.1) is 5.92 Å². The van der Waals surface area contributed by atoms with Gasteiger partial charge in [0.1, 0.15) is 0 Å². The molecule has 0 aromatic heterocycles. The van der Waals surface area contributed by atoms with Crippen LogP contribution in [0.1, 0.15) is 18.0 Å². The van der Waals surface area contributed by atoms with Gasteiger partial charge < -0.3 is 20.1 Å². The topological polar surface area (TPSA) is 95.9 Å². The molecule has 0 spiro atoms. The Labute approximate surface area is 134 Å². The van der Waals surface area contributed by atoms with E-state index in [1.165, 1.54) is 0 Å². The summed E-state index contributed by atoms with van der Waals surface area (Å²) in [6.45, 7) is 1.12. The summed E-state index contributed by atoms with van der Waals surface area (Å²) in [6, 6.07) is 7.36. The van der Waals surface area contributed by atoms with Crippen molar-refractivity contribution < 1.29 is 24.2 Å². The lowest BCUT2D eigenvalue weighted by molar-refractivity contribution is -0.142. The lowest BCUT2D eigenvalue weighted by Gasteiger charge is -2.18. The normalized spacial score (nSPS) is 18.7. The second-order valence-electron chi connectivity index (χ2n) is 5.42. The SMILES string of the molecule is COCCN1C[C@@H](C(=O)N[C@@H](C(=O)O)c2ccccc2)CC1=O. The number of amides is 2. The summed E-state index contributed by atoms with van der Waals surface area (Å²) in [4.78, 5) is 37.1. The molecule has 1 fully saturated rings. The molecule has 2 rings (SSSR count). The van der Waals surface area contributed by atoms with Gasteiger partial charge in [-0.05, 0) is 5.56 Å². The maximum absolute atomic E-state index is 12.3. The summed E-state index contributed by atoms with van der Waals surface area (Å²) in [5, 5.41) is 11.9. The number of nitrogens with one attached hydrogen (secondary N) is 1. The number of carbonyl (C=O) groups is 3. The Balaban J connectivity index is 2.00. The third-order valence-corrected chi connectivity index (χ3v) is 3.82. The molecule has 124 valence electrons. The summed E-state index contributed by atoms with van der Waals surface area (Å²) in [6.07, 6.45) is 0.0939. The van der Waals surface area contributed by atoms with Crippen molar-refractivity contribution in [1.82, 2.24) is 10.2 Å². The highest BCUT2D eigenvalue weighted by molar-refractivity contribution is 5.91. The fourth-order valence-corrected chi connectivity index (χ4v) is 2.56. The molecule has 0 aliphatic carbocycles. The summed E-state index contributed by atoms with van der Waals surface area (Å²) < 4.78 is 4.93. The summed E-state index contributed by atoms with van der Waals surface area (Å²) in [5.74, 6) is -2.21. The lowest BCUT2D eigenvalue weighted by Crippen LogP contribution is -2.39. The minimum absolute atomic E-state index is 0.0939. The molecule has 1 aliphatic heterocycles. The first-order valence-corrected chi connectivity index (χ1v) is 7.37. The van der Waals surface area contributed by atoms with Crippen LogP contribution in [0.2, 0.25) is 0 Å². The van der Waals surface area contributed by atoms with Crippen LogP contribution in [0.5, 0.6) is 0 Å². The molecule has 7 nitrogen and oxygen atoms in total. The molecule has 1 heterocycles. The summed E-state index contributed by atoms with van der Waals surface area (Å²) >= 11 is 0. The Morgan fingerprint density at radius 2 is 2.09 bits per heavy atom. The van der Waals surface area contributed by atoms with Crippen LogP contribution in [-0.4, -0.2) is 54.6 Å². The molecule has 1 saturated heterocycles. The average molecular weight is 320 g/mol. The van der Waals surface area contributed by atoms with E-state index in [0.29, 0.717) is 18.7 Å². The van der Waals surface area contributed by atoms with Crippen LogP contribution in [0.25, 0.3) is 0 Å². The molecule has 2 amide bonds. The molecular weight excluding hydrogens is 300 g/mol. The molecule has 0 bridgehead atoms. The van der Waals surface area contributed by atoms with E-state index in [9.17, 15) is 19.5 Å². The maximum Gasteiger partial charge on any atom is 0.330 e. The number of ether oxygens (including phenoxy) is 1. The highest BCUT2D eigenvalue weighted by Gasteiger charge is 2.35. The first-order valence-electron chi connectivity index (χ1n) is 7.37. The minimum atomic E-state index is -1.13. The van der Waals surface area contributed by atoms with E-state index in [0.717, 1.165) is 0 Å². The molecule has 0 radical (unpaired) electrons. The summed E-state index contributed by atoms with van der Waals surface area (Å²) in [5.41, 5.74) is 0.494. The Hall–Kier alpha value is -2.41. The molecule has 0 saturated carbocycles. The molecule has 1 aromatic carbocycles. The van der Waals surface area contributed by atoms with Gasteiger partial charge in [0.25, 0.3) is 0 Å². The number of benzene rings is 1. The monoisotopic (exact) mass is 320 g/mol. The molecule has 1 aromatic rings. The second kappa shape index (κ2) is 7.73. The third kappa shape index (κ3) is 4.29. The van der Waals surface area contributed by atoms with Crippen molar-refractivity contribution >= 4 is 17.8 Å². The van der Waals surface area contributed by atoms with Gasteiger partial charge in [0.05, 0.1) is 12.5 Å². The van der Waals surface area contributed by atoms with Gasteiger partial charge in [0.2, 0.25) is 11.8 Å². The Morgan fingerprint density at radius 1 is 1.39 bits per heavy atom. The van der Waals surface area contributed by atoms with Crippen LogP contribution in [0.4, 0.5) is 0 Å². The number of carbonyl (C=O) groups excluding carboxylic acids is 2. The zero-order chi connectivity index (χ0) is 16.8. The van der Waals surface area contributed by atoms with Gasteiger partial charge in [0.15, 0.2) is 6.04 Å². The van der Waals surface area contributed by atoms with E-state index >= 15 is 0 Å². The van der Waals surface area contributed by atoms with Crippen molar-refractivity contribution in [2.75, 3.05) is 26.8 Å². The van der Waals surface area contributed by atoms with Gasteiger partial charge in [-0.2, -0.15) is 0 Å². The number of methoxy groups -OCH3 is 1. The first-order chi connectivity index (χ1) is 11.0. The van der Waals surface area contributed by atoms with E-state index < -0.39 is 23.8 Å². The van der Waals surface area contributed by atoms with E-state index in [4.69, 9.17) is 4.74 Å². The van der Waals surface area contributed by atoms with Gasteiger partial charge in [-0.15, -0.1) is 0 Å². The summed E-state index contributed by atoms with van der Waals surface area (Å²) in [7, 11) is 1.54. The Bertz CT molecular complexity index is 575. The standard InChI is InChI=1S/C16H20N2O5/c1-23-8-7-18-10-12(9-13(18)19)15(20)17-14(16(21)22)11-5-3-2-4-6-11/h2-6,12,14H,7-10H2,1H3,(H,17,20)(H,21,22)/t12-,14+/m0/s1. The fraction of sp³-hybridized carbons (Fsp3) is 0.438. The molecule has 23 heavy (non-hydrogen) atoms. The molecule has 1 aliphatic rings. The quantitative estimate of drug-likeness (QED) is 0.759. The molecule has 2 atom stereocenters. The predicted octanol–water partition coefficient (Wildman–Crippen LogP) is 0.423. The van der Waals surface area contributed by atoms with E-state index in [-0.39, 0.29) is 18.9 Å². The second-order valence-corrected chi connectivity index (χ2v) is 5.42. The van der Waals surface area contributed by atoms with Crippen molar-refractivity contribution in [3.05, 3.63) is 35.9 Å². The van der Waals surface area contributed by atoms with Gasteiger partial charge in [0, 0.05) is 26.6 Å². The number of aliphatic carboxylic acids is 1. The van der Waals surface area contributed by atoms with Crippen molar-refractivity contribution in [2.24, 2.45) is 5.92 Å². The predicted molar refractivity (Wildman–Crippen MR) is 81.5 cm³/mol. The van der Waals surface area contributed by atoms with Crippen molar-refractivity contribution in [3.8, 4) is 0 Å². The largest absolute Gasteiger partial charge is 0.479 e. The number of carboxylic acids is 1. The van der Waals surface area contributed by atoms with Gasteiger partial charge in [-0.25, -0.2) is 4.79 Å². The number of carboxylic acid groups (broad SMARTS) is 1. The van der Waals surface area contributed by atoms with Crippen molar-refractivity contribution in [2.45, 2.75) is 12.5 Å². The highest BCUT2D eigenvalue weighted by Crippen LogP contribution is 2.20. The highest BCUT2D eigenvalue weighted by atomic mass is 16.5. The smallest absolute Gasteiger partial charge is 0.330 e. The van der Waals surface area contributed by atoms with Crippen LogP contribution >= 0.6 is 0 Å². The van der Waals surface area contributed by atoms with E-state index in [2.05, 4.69) is 5.32 Å². The Morgan fingerprint density at radius 3 is 2.70 bits per heavy atom. The number of likely N-dealkylation sites (tertiary alicyclic amines) is 1. The van der Waals surface area contributed by atoms with Crippen molar-refractivity contribution in [3.63, 3.8) is 0 Å². The Kier molecular flexibility index (Phi) is 5.70. The number of nitrogens with zero attached hydrogens (tertiary/aromatic N) is 1. The fourth-order valence-electron chi connectivity index (χ4n) is 2.56. The molecule has 7 heteroatoms. The number of rotatable bonds is 7. The van der Waals surface area contributed by atoms with Crippen LogP contribution < -0.4 is 5.32 Å². The average Bonchev–Trinajstić information content (AvgIpc) is 2.92. The van der Waals surface area contributed by atoms with E-state index in [1.807, 2.05) is 0 Å². The third-order valence-electron chi connectivity index (χ3n) is 3.82. The van der Waals surface area contributed by atoms with Gasteiger partial charge >= 0.3 is 5.97 Å². The molecule has 2 N–H and O–H groups in total. The lowest BCUT2D eigenvalue weighted by atomic mass is 10.0. The molecular formula is C16H20N2O5. The van der Waals surface area contributed by atoms with Gasteiger partial charge in [-0.1, -0.05) is 30.3 Å². The zero-order valence-corrected chi connectivity index (χ0v) is 12.9. The number of hydrogen-bond acceptors (Lipinski definition) is 4. The van der Waals surface area contributed by atoms with Crippen LogP contribution in [-0.2, 0) is 19.1 Å². The maximum atomic E-state index is 12.3. The first kappa shape index (κ1) is 17.0. The van der Waals surface area contributed by atoms with E-state index in [1.54, 1.807) is 42.3 Å². The zero-order valence-electron chi connectivity index (χ0n) is 12.9. The van der Waals surface area contributed by atoms with Gasteiger partial charge in [-0.3, -0.25) is 9.59 Å². The molecule has 0 unspecified atom stereocenters. The van der Waals surface area contributed by atoms with Crippen LogP contribution in [0.3, 0.4) is 0 Å². The minimum Gasteiger partial charge on any atom is -0.479 e.